The Morgan fingerprint density at radius 3 is 2.30 bits per heavy atom. The van der Waals surface area contributed by atoms with Crippen LogP contribution in [0, 0.1) is 5.92 Å². The van der Waals surface area contributed by atoms with Crippen molar-refractivity contribution in [2.24, 2.45) is 5.92 Å². The van der Waals surface area contributed by atoms with Gasteiger partial charge in [-0.05, 0) is 74.5 Å². The summed E-state index contributed by atoms with van der Waals surface area (Å²) in [5.74, 6) is 3.02. The standard InChI is InChI=1S/C24H32N2O4/c1-28-20-14-19(15-21(16-20)29-2)9-8-18-10-12-26(13-11-18)17-24(27)25-22-6-4-5-7-23(22)30-3/h4-7,14-16,18H,8-13,17H2,1-3H3,(H,25,27). The van der Waals surface area contributed by atoms with E-state index in [9.17, 15) is 4.79 Å². The Morgan fingerprint density at radius 2 is 1.67 bits per heavy atom. The van der Waals surface area contributed by atoms with Gasteiger partial charge in [0.1, 0.15) is 17.2 Å². The number of aryl methyl sites for hydroxylation is 1. The monoisotopic (exact) mass is 412 g/mol. The third-order valence-electron chi connectivity index (χ3n) is 5.71. The highest BCUT2D eigenvalue weighted by Crippen LogP contribution is 2.27. The van der Waals surface area contributed by atoms with E-state index in [-0.39, 0.29) is 5.91 Å². The average Bonchev–Trinajstić information content (AvgIpc) is 2.78. The lowest BCUT2D eigenvalue weighted by molar-refractivity contribution is -0.117. The molecule has 3 rings (SSSR count). The largest absolute Gasteiger partial charge is 0.497 e. The van der Waals surface area contributed by atoms with Gasteiger partial charge in [-0.15, -0.1) is 0 Å². The quantitative estimate of drug-likeness (QED) is 0.675. The number of carbonyl (C=O) groups is 1. The lowest BCUT2D eigenvalue weighted by Crippen LogP contribution is -2.39. The van der Waals surface area contributed by atoms with Crippen LogP contribution in [0.2, 0.25) is 0 Å². The molecule has 0 radical (unpaired) electrons. The van der Waals surface area contributed by atoms with E-state index >= 15 is 0 Å². The summed E-state index contributed by atoms with van der Waals surface area (Å²) in [5, 5.41) is 2.96. The number of methoxy groups -OCH3 is 3. The highest BCUT2D eigenvalue weighted by Gasteiger charge is 2.21. The highest BCUT2D eigenvalue weighted by atomic mass is 16.5. The number of benzene rings is 2. The molecule has 6 heteroatoms. The molecule has 0 aliphatic carbocycles. The average molecular weight is 413 g/mol. The first-order valence-corrected chi connectivity index (χ1v) is 10.5. The topological polar surface area (TPSA) is 60.0 Å². The number of carbonyl (C=O) groups excluding carboxylic acids is 1. The van der Waals surface area contributed by atoms with E-state index in [1.807, 2.05) is 30.3 Å². The molecule has 1 N–H and O–H groups in total. The van der Waals surface area contributed by atoms with Crippen molar-refractivity contribution >= 4 is 11.6 Å². The van der Waals surface area contributed by atoms with E-state index in [1.165, 1.54) is 5.56 Å². The number of piperidine rings is 1. The molecule has 0 spiro atoms. The number of rotatable bonds is 9. The molecule has 0 aromatic heterocycles. The molecule has 1 fully saturated rings. The summed E-state index contributed by atoms with van der Waals surface area (Å²) in [7, 11) is 4.97. The molecule has 1 saturated heterocycles. The SMILES string of the molecule is COc1cc(CCC2CCN(CC(=O)Nc3ccccc3OC)CC2)cc(OC)c1. The number of nitrogens with one attached hydrogen (secondary N) is 1. The minimum atomic E-state index is 0.00132. The van der Waals surface area contributed by atoms with Gasteiger partial charge < -0.3 is 19.5 Å². The van der Waals surface area contributed by atoms with Gasteiger partial charge in [0.25, 0.3) is 0 Å². The van der Waals surface area contributed by atoms with Gasteiger partial charge in [0.15, 0.2) is 0 Å². The van der Waals surface area contributed by atoms with Gasteiger partial charge in [0, 0.05) is 6.07 Å². The Bertz CT molecular complexity index is 809. The second-order valence-electron chi connectivity index (χ2n) is 7.73. The molecule has 1 amide bonds. The summed E-state index contributed by atoms with van der Waals surface area (Å²) in [4.78, 5) is 14.7. The molecule has 1 aliphatic heterocycles. The normalized spacial score (nSPS) is 14.9. The Morgan fingerprint density at radius 1 is 1.00 bits per heavy atom. The second-order valence-corrected chi connectivity index (χ2v) is 7.73. The van der Waals surface area contributed by atoms with Crippen molar-refractivity contribution < 1.29 is 19.0 Å². The first-order valence-electron chi connectivity index (χ1n) is 10.5. The number of amides is 1. The molecule has 0 unspecified atom stereocenters. The number of para-hydroxylation sites is 2. The summed E-state index contributed by atoms with van der Waals surface area (Å²) in [6.07, 6.45) is 4.37. The van der Waals surface area contributed by atoms with Gasteiger partial charge in [0.2, 0.25) is 5.91 Å². The zero-order valence-corrected chi connectivity index (χ0v) is 18.1. The van der Waals surface area contributed by atoms with Gasteiger partial charge >= 0.3 is 0 Å². The number of hydrogen-bond donors (Lipinski definition) is 1. The number of ether oxygens (including phenoxy) is 3. The maximum Gasteiger partial charge on any atom is 0.238 e. The van der Waals surface area contributed by atoms with Crippen LogP contribution in [-0.2, 0) is 11.2 Å². The summed E-state index contributed by atoms with van der Waals surface area (Å²) in [6, 6.07) is 13.6. The molecule has 2 aromatic rings. The van der Waals surface area contributed by atoms with E-state index in [0.717, 1.165) is 50.3 Å². The van der Waals surface area contributed by atoms with Crippen LogP contribution in [0.5, 0.6) is 17.2 Å². The van der Waals surface area contributed by atoms with Crippen molar-refractivity contribution in [2.75, 3.05) is 46.3 Å². The maximum absolute atomic E-state index is 12.4. The Balaban J connectivity index is 1.43. The fourth-order valence-electron chi connectivity index (χ4n) is 3.96. The number of anilines is 1. The lowest BCUT2D eigenvalue weighted by Gasteiger charge is -2.31. The summed E-state index contributed by atoms with van der Waals surface area (Å²) < 4.78 is 16.0. The number of hydrogen-bond acceptors (Lipinski definition) is 5. The minimum Gasteiger partial charge on any atom is -0.497 e. The van der Waals surface area contributed by atoms with Crippen LogP contribution in [0.1, 0.15) is 24.8 Å². The smallest absolute Gasteiger partial charge is 0.238 e. The van der Waals surface area contributed by atoms with Crippen LogP contribution in [0.3, 0.4) is 0 Å². The third-order valence-corrected chi connectivity index (χ3v) is 5.71. The van der Waals surface area contributed by atoms with Crippen LogP contribution >= 0.6 is 0 Å². The molecule has 0 atom stereocenters. The fourth-order valence-corrected chi connectivity index (χ4v) is 3.96. The van der Waals surface area contributed by atoms with E-state index in [1.54, 1.807) is 21.3 Å². The van der Waals surface area contributed by atoms with E-state index in [4.69, 9.17) is 14.2 Å². The second kappa shape index (κ2) is 10.9. The van der Waals surface area contributed by atoms with E-state index in [2.05, 4.69) is 22.3 Å². The maximum atomic E-state index is 12.4. The summed E-state index contributed by atoms with van der Waals surface area (Å²) >= 11 is 0. The van der Waals surface area contributed by atoms with Gasteiger partial charge in [-0.3, -0.25) is 9.69 Å². The van der Waals surface area contributed by atoms with Crippen molar-refractivity contribution in [3.8, 4) is 17.2 Å². The van der Waals surface area contributed by atoms with Gasteiger partial charge in [-0.2, -0.15) is 0 Å². The molecule has 0 bridgehead atoms. The van der Waals surface area contributed by atoms with Crippen LogP contribution in [0.15, 0.2) is 42.5 Å². The Hall–Kier alpha value is -2.73. The molecule has 1 aliphatic rings. The number of likely N-dealkylation sites (tertiary alicyclic amines) is 1. The van der Waals surface area contributed by atoms with E-state index in [0.29, 0.717) is 23.9 Å². The van der Waals surface area contributed by atoms with Crippen molar-refractivity contribution in [1.82, 2.24) is 4.90 Å². The van der Waals surface area contributed by atoms with Crippen LogP contribution < -0.4 is 19.5 Å². The van der Waals surface area contributed by atoms with Crippen molar-refractivity contribution in [1.29, 1.82) is 0 Å². The highest BCUT2D eigenvalue weighted by molar-refractivity contribution is 5.93. The molecule has 2 aromatic carbocycles. The van der Waals surface area contributed by atoms with Gasteiger partial charge in [-0.25, -0.2) is 0 Å². The molecule has 0 saturated carbocycles. The predicted octanol–water partition coefficient (Wildman–Crippen LogP) is 4.00. The van der Waals surface area contributed by atoms with Crippen molar-refractivity contribution in [2.45, 2.75) is 25.7 Å². The molecular weight excluding hydrogens is 380 g/mol. The third kappa shape index (κ3) is 6.13. The molecule has 6 nitrogen and oxygen atoms in total. The minimum absolute atomic E-state index is 0.00132. The summed E-state index contributed by atoms with van der Waals surface area (Å²) in [6.45, 7) is 2.31. The molecule has 162 valence electrons. The molecular formula is C24H32N2O4. The molecule has 30 heavy (non-hydrogen) atoms. The zero-order valence-electron chi connectivity index (χ0n) is 18.1. The first kappa shape index (κ1) is 22.0. The van der Waals surface area contributed by atoms with Crippen LogP contribution in [0.4, 0.5) is 5.69 Å². The lowest BCUT2D eigenvalue weighted by atomic mass is 9.90. The van der Waals surface area contributed by atoms with Gasteiger partial charge in [-0.1, -0.05) is 12.1 Å². The fraction of sp³-hybridized carbons (Fsp3) is 0.458. The zero-order chi connectivity index (χ0) is 21.3. The van der Waals surface area contributed by atoms with Crippen molar-refractivity contribution in [3.05, 3.63) is 48.0 Å². The van der Waals surface area contributed by atoms with Crippen LogP contribution in [0.25, 0.3) is 0 Å². The number of nitrogens with zero attached hydrogens (tertiary/aromatic N) is 1. The Labute approximate surface area is 179 Å². The molecule has 1 heterocycles. The predicted molar refractivity (Wildman–Crippen MR) is 119 cm³/mol. The van der Waals surface area contributed by atoms with E-state index < -0.39 is 0 Å². The first-order chi connectivity index (χ1) is 14.6. The Kier molecular flexibility index (Phi) is 7.97. The van der Waals surface area contributed by atoms with Gasteiger partial charge in [0.05, 0.1) is 33.6 Å². The van der Waals surface area contributed by atoms with Crippen molar-refractivity contribution in [3.63, 3.8) is 0 Å². The summed E-state index contributed by atoms with van der Waals surface area (Å²) in [5.41, 5.74) is 1.96. The van der Waals surface area contributed by atoms with Crippen LogP contribution in [-0.4, -0.2) is 51.8 Å².